The maximum absolute atomic E-state index is 11.1. The van der Waals surface area contributed by atoms with Gasteiger partial charge in [0.05, 0.1) is 6.54 Å². The standard InChI is InChI=1S/C18H22ClN5O/c1-2-21-18(22-10-9-14-5-8-16(19)23-11-14)24-12-13-3-6-15(7-4-13)17(20)25/h3-8,11H,2,9-10,12H2,1H3,(H2,20,25)(H2,21,22,24). The van der Waals surface area contributed by atoms with Crippen LogP contribution in [0.2, 0.25) is 5.15 Å². The molecule has 0 spiro atoms. The van der Waals surface area contributed by atoms with Crippen LogP contribution in [0, 0.1) is 0 Å². The van der Waals surface area contributed by atoms with Crippen molar-refractivity contribution in [2.45, 2.75) is 19.9 Å². The van der Waals surface area contributed by atoms with Gasteiger partial charge in [0.15, 0.2) is 5.96 Å². The highest BCUT2D eigenvalue weighted by Gasteiger charge is 2.01. The molecular weight excluding hydrogens is 338 g/mol. The first-order valence-electron chi connectivity index (χ1n) is 8.10. The van der Waals surface area contributed by atoms with Crippen molar-refractivity contribution >= 4 is 23.5 Å². The molecule has 0 saturated carbocycles. The Morgan fingerprint density at radius 1 is 1.16 bits per heavy atom. The second-order valence-electron chi connectivity index (χ2n) is 5.42. The number of pyridine rings is 1. The third-order valence-electron chi connectivity index (χ3n) is 3.50. The van der Waals surface area contributed by atoms with Gasteiger partial charge in [-0.2, -0.15) is 0 Å². The summed E-state index contributed by atoms with van der Waals surface area (Å²) in [6.07, 6.45) is 2.59. The predicted molar refractivity (Wildman–Crippen MR) is 101 cm³/mol. The molecule has 2 aromatic rings. The molecule has 1 heterocycles. The van der Waals surface area contributed by atoms with Gasteiger partial charge in [-0.15, -0.1) is 0 Å². The molecular formula is C18H22ClN5O. The number of aliphatic imine (C=N–C) groups is 1. The lowest BCUT2D eigenvalue weighted by molar-refractivity contribution is 0.100. The summed E-state index contributed by atoms with van der Waals surface area (Å²) >= 11 is 5.78. The minimum absolute atomic E-state index is 0.429. The van der Waals surface area contributed by atoms with E-state index in [1.165, 1.54) is 0 Å². The smallest absolute Gasteiger partial charge is 0.248 e. The first kappa shape index (κ1) is 18.7. The van der Waals surface area contributed by atoms with Crippen LogP contribution < -0.4 is 16.4 Å². The number of hydrogen-bond donors (Lipinski definition) is 3. The molecule has 132 valence electrons. The molecule has 0 aliphatic heterocycles. The van der Waals surface area contributed by atoms with E-state index < -0.39 is 5.91 Å². The molecule has 0 saturated heterocycles. The van der Waals surface area contributed by atoms with Crippen LogP contribution in [-0.2, 0) is 13.0 Å². The average Bonchev–Trinajstić information content (AvgIpc) is 2.61. The molecule has 0 radical (unpaired) electrons. The molecule has 7 heteroatoms. The van der Waals surface area contributed by atoms with Crippen LogP contribution in [0.15, 0.2) is 47.6 Å². The van der Waals surface area contributed by atoms with E-state index in [-0.39, 0.29) is 0 Å². The molecule has 1 aromatic carbocycles. The number of nitrogens with zero attached hydrogens (tertiary/aromatic N) is 2. The van der Waals surface area contributed by atoms with Gasteiger partial charge in [-0.05, 0) is 42.7 Å². The largest absolute Gasteiger partial charge is 0.366 e. The molecule has 0 fully saturated rings. The molecule has 0 aliphatic rings. The number of aromatic nitrogens is 1. The molecule has 0 bridgehead atoms. The van der Waals surface area contributed by atoms with Crippen LogP contribution in [-0.4, -0.2) is 29.9 Å². The number of amides is 1. The highest BCUT2D eigenvalue weighted by molar-refractivity contribution is 6.29. The van der Waals surface area contributed by atoms with Crippen molar-refractivity contribution in [1.82, 2.24) is 15.6 Å². The number of nitrogens with one attached hydrogen (secondary N) is 2. The van der Waals surface area contributed by atoms with Gasteiger partial charge in [0, 0.05) is 24.8 Å². The SMILES string of the molecule is CCNC(=NCc1ccc(C(N)=O)cc1)NCCc1ccc(Cl)nc1. The van der Waals surface area contributed by atoms with Crippen molar-refractivity contribution in [1.29, 1.82) is 0 Å². The maximum atomic E-state index is 11.1. The van der Waals surface area contributed by atoms with E-state index in [9.17, 15) is 4.79 Å². The fraction of sp³-hybridized carbons (Fsp3) is 0.278. The summed E-state index contributed by atoms with van der Waals surface area (Å²) in [6.45, 7) is 4.03. The molecule has 25 heavy (non-hydrogen) atoms. The predicted octanol–water partition coefficient (Wildman–Crippen LogP) is 2.13. The normalized spacial score (nSPS) is 11.2. The third kappa shape index (κ3) is 6.43. The van der Waals surface area contributed by atoms with Crippen LogP contribution in [0.4, 0.5) is 0 Å². The zero-order valence-corrected chi connectivity index (χ0v) is 14.9. The second kappa shape index (κ2) is 9.64. The van der Waals surface area contributed by atoms with Gasteiger partial charge in [0.2, 0.25) is 5.91 Å². The number of primary amides is 1. The fourth-order valence-corrected chi connectivity index (χ4v) is 2.28. The Bertz CT molecular complexity index is 713. The molecule has 1 aromatic heterocycles. The van der Waals surface area contributed by atoms with Gasteiger partial charge in [-0.3, -0.25) is 4.79 Å². The highest BCUT2D eigenvalue weighted by Crippen LogP contribution is 2.06. The second-order valence-corrected chi connectivity index (χ2v) is 5.81. The molecule has 4 N–H and O–H groups in total. The Morgan fingerprint density at radius 2 is 1.88 bits per heavy atom. The number of rotatable bonds is 7. The van der Waals surface area contributed by atoms with E-state index >= 15 is 0 Å². The van der Waals surface area contributed by atoms with E-state index in [0.717, 1.165) is 36.6 Å². The lowest BCUT2D eigenvalue weighted by atomic mass is 10.1. The van der Waals surface area contributed by atoms with E-state index in [1.54, 1.807) is 24.4 Å². The quantitative estimate of drug-likeness (QED) is 0.401. The lowest BCUT2D eigenvalue weighted by Crippen LogP contribution is -2.38. The van der Waals surface area contributed by atoms with Crippen LogP contribution in [0.1, 0.15) is 28.4 Å². The number of hydrogen-bond acceptors (Lipinski definition) is 3. The van der Waals surface area contributed by atoms with Crippen LogP contribution in [0.25, 0.3) is 0 Å². The molecule has 0 unspecified atom stereocenters. The van der Waals surface area contributed by atoms with Crippen molar-refractivity contribution in [3.8, 4) is 0 Å². The Labute approximate surface area is 152 Å². The first-order chi connectivity index (χ1) is 12.1. The van der Waals surface area contributed by atoms with Crippen molar-refractivity contribution in [3.63, 3.8) is 0 Å². The van der Waals surface area contributed by atoms with E-state index in [1.807, 2.05) is 25.1 Å². The summed E-state index contributed by atoms with van der Waals surface area (Å²) in [4.78, 5) is 19.7. The van der Waals surface area contributed by atoms with Crippen molar-refractivity contribution < 1.29 is 4.79 Å². The molecule has 0 atom stereocenters. The zero-order valence-electron chi connectivity index (χ0n) is 14.1. The summed E-state index contributed by atoms with van der Waals surface area (Å²) in [7, 11) is 0. The van der Waals surface area contributed by atoms with Crippen molar-refractivity contribution in [2.24, 2.45) is 10.7 Å². The van der Waals surface area contributed by atoms with Crippen LogP contribution in [0.5, 0.6) is 0 Å². The van der Waals surface area contributed by atoms with Crippen molar-refractivity contribution in [2.75, 3.05) is 13.1 Å². The van der Waals surface area contributed by atoms with Crippen LogP contribution >= 0.6 is 11.6 Å². The lowest BCUT2D eigenvalue weighted by Gasteiger charge is -2.11. The van der Waals surface area contributed by atoms with Crippen LogP contribution in [0.3, 0.4) is 0 Å². The van der Waals surface area contributed by atoms with Gasteiger partial charge in [0.25, 0.3) is 0 Å². The molecule has 2 rings (SSSR count). The van der Waals surface area contributed by atoms with Crippen molar-refractivity contribution in [3.05, 3.63) is 64.4 Å². The Morgan fingerprint density at radius 3 is 2.48 bits per heavy atom. The highest BCUT2D eigenvalue weighted by atomic mass is 35.5. The fourth-order valence-electron chi connectivity index (χ4n) is 2.17. The number of carbonyl (C=O) groups excluding carboxylic acids is 1. The molecule has 1 amide bonds. The minimum atomic E-state index is -0.429. The number of nitrogens with two attached hydrogens (primary N) is 1. The summed E-state index contributed by atoms with van der Waals surface area (Å²) in [5.74, 6) is 0.310. The van der Waals surface area contributed by atoms with Gasteiger partial charge < -0.3 is 16.4 Å². The number of guanidine groups is 1. The van der Waals surface area contributed by atoms with E-state index in [2.05, 4.69) is 20.6 Å². The first-order valence-corrected chi connectivity index (χ1v) is 8.47. The summed E-state index contributed by atoms with van der Waals surface area (Å²) in [5, 5.41) is 6.99. The maximum Gasteiger partial charge on any atom is 0.248 e. The Kier molecular flexibility index (Phi) is 7.22. The summed E-state index contributed by atoms with van der Waals surface area (Å²) in [6, 6.07) is 10.9. The number of halogens is 1. The topological polar surface area (TPSA) is 92.4 Å². The Balaban J connectivity index is 1.88. The third-order valence-corrected chi connectivity index (χ3v) is 3.72. The molecule has 6 nitrogen and oxygen atoms in total. The number of benzene rings is 1. The van der Waals surface area contributed by atoms with E-state index in [0.29, 0.717) is 17.3 Å². The van der Waals surface area contributed by atoms with Gasteiger partial charge >= 0.3 is 0 Å². The van der Waals surface area contributed by atoms with Gasteiger partial charge in [-0.1, -0.05) is 29.8 Å². The summed E-state index contributed by atoms with van der Waals surface area (Å²) in [5.41, 5.74) is 7.84. The minimum Gasteiger partial charge on any atom is -0.366 e. The summed E-state index contributed by atoms with van der Waals surface area (Å²) < 4.78 is 0. The zero-order chi connectivity index (χ0) is 18.1. The van der Waals surface area contributed by atoms with E-state index in [4.69, 9.17) is 17.3 Å². The van der Waals surface area contributed by atoms with Gasteiger partial charge in [-0.25, -0.2) is 9.98 Å². The average molecular weight is 360 g/mol. The van der Waals surface area contributed by atoms with Gasteiger partial charge in [0.1, 0.15) is 5.15 Å². The monoisotopic (exact) mass is 359 g/mol. The molecule has 0 aliphatic carbocycles. The number of carbonyl (C=O) groups is 1. The Hall–Kier alpha value is -2.60.